The van der Waals surface area contributed by atoms with Gasteiger partial charge in [0.15, 0.2) is 0 Å². The SMILES string of the molecule is CCl.[Ti+2].c1coc(-c2cc3ccccc3[cH-]2)c1.c1coc(-c2cc3ccccc3[cH-]2)c1. The van der Waals surface area contributed by atoms with Crippen LogP contribution in [-0.4, -0.2) is 6.38 Å². The quantitative estimate of drug-likeness (QED) is 0.147. The molecule has 0 unspecified atom stereocenters. The van der Waals surface area contributed by atoms with E-state index in [0.29, 0.717) is 0 Å². The van der Waals surface area contributed by atoms with Gasteiger partial charge in [0, 0.05) is 6.38 Å². The number of halogens is 1. The number of benzene rings is 2. The molecule has 4 aromatic carbocycles. The van der Waals surface area contributed by atoms with Gasteiger partial charge in [-0.25, -0.2) is 0 Å². The van der Waals surface area contributed by atoms with E-state index in [4.69, 9.17) is 8.83 Å². The molecular formula is C27H21ClO2Ti. The van der Waals surface area contributed by atoms with Crippen molar-refractivity contribution in [3.63, 3.8) is 0 Å². The van der Waals surface area contributed by atoms with Crippen molar-refractivity contribution in [3.8, 4) is 22.6 Å². The van der Waals surface area contributed by atoms with Gasteiger partial charge >= 0.3 is 21.7 Å². The van der Waals surface area contributed by atoms with E-state index < -0.39 is 0 Å². The first kappa shape index (κ1) is 22.9. The summed E-state index contributed by atoms with van der Waals surface area (Å²) in [6.45, 7) is 0. The van der Waals surface area contributed by atoms with Gasteiger partial charge in [-0.3, -0.25) is 0 Å². The number of fused-ring (bicyclic) bond motifs is 2. The molecule has 0 fully saturated rings. The van der Waals surface area contributed by atoms with E-state index in [2.05, 4.69) is 60.1 Å². The van der Waals surface area contributed by atoms with Crippen LogP contribution in [0.5, 0.6) is 0 Å². The summed E-state index contributed by atoms with van der Waals surface area (Å²) in [5.74, 6) is 1.86. The second-order valence-electron chi connectivity index (χ2n) is 6.70. The van der Waals surface area contributed by atoms with Crippen LogP contribution in [0.2, 0.25) is 0 Å². The van der Waals surface area contributed by atoms with Crippen LogP contribution < -0.4 is 0 Å². The first-order chi connectivity index (χ1) is 14.9. The minimum atomic E-state index is 0. The van der Waals surface area contributed by atoms with Crippen LogP contribution in [-0.2, 0) is 21.7 Å². The number of alkyl halides is 1. The standard InChI is InChI=1S/2C13H9O.CH3Cl.Ti/c2*1-2-5-11-9-12(8-10(11)4-1)13-6-3-7-14-13;1-2;/h2*1-9H;1H3;/q2*-1;;+2. The van der Waals surface area contributed by atoms with E-state index >= 15 is 0 Å². The Morgan fingerprint density at radius 1 is 0.581 bits per heavy atom. The molecular weight excluding hydrogens is 440 g/mol. The molecule has 0 saturated heterocycles. The molecule has 0 aliphatic rings. The topological polar surface area (TPSA) is 26.3 Å². The number of rotatable bonds is 2. The summed E-state index contributed by atoms with van der Waals surface area (Å²) < 4.78 is 10.7. The Balaban J connectivity index is 0.000000158. The number of furan rings is 2. The molecule has 2 nitrogen and oxygen atoms in total. The van der Waals surface area contributed by atoms with Crippen molar-refractivity contribution in [3.05, 3.63) is 110 Å². The fourth-order valence-electron chi connectivity index (χ4n) is 3.47. The Labute approximate surface area is 201 Å². The minimum absolute atomic E-state index is 0. The van der Waals surface area contributed by atoms with Gasteiger partial charge in [0.2, 0.25) is 0 Å². The summed E-state index contributed by atoms with van der Waals surface area (Å²) in [6, 6.07) is 33.0. The molecule has 0 aliphatic heterocycles. The largest absolute Gasteiger partial charge is 2.00 e. The molecule has 2 aromatic heterocycles. The first-order valence-corrected chi connectivity index (χ1v) is 10.4. The molecule has 0 radical (unpaired) electrons. The molecule has 6 aromatic rings. The van der Waals surface area contributed by atoms with E-state index in [1.54, 1.807) is 12.5 Å². The van der Waals surface area contributed by atoms with Crippen molar-refractivity contribution in [1.82, 2.24) is 0 Å². The van der Waals surface area contributed by atoms with Gasteiger partial charge in [-0.05, 0) is 12.1 Å². The van der Waals surface area contributed by atoms with E-state index in [0.717, 1.165) is 22.6 Å². The first-order valence-electron chi connectivity index (χ1n) is 9.63. The zero-order chi connectivity index (χ0) is 20.8. The van der Waals surface area contributed by atoms with Crippen LogP contribution in [0.15, 0.2) is 118 Å². The summed E-state index contributed by atoms with van der Waals surface area (Å²) in [5.41, 5.74) is 2.30. The summed E-state index contributed by atoms with van der Waals surface area (Å²) >= 11 is 4.64. The van der Waals surface area contributed by atoms with Crippen molar-refractivity contribution in [2.45, 2.75) is 0 Å². The average molecular weight is 461 g/mol. The van der Waals surface area contributed by atoms with E-state index in [1.165, 1.54) is 27.9 Å². The normalized spacial score (nSPS) is 10.0. The van der Waals surface area contributed by atoms with Gasteiger partial charge in [-0.1, -0.05) is 59.7 Å². The van der Waals surface area contributed by atoms with E-state index in [9.17, 15) is 0 Å². The minimum Gasteiger partial charge on any atom is -0.499 e. The van der Waals surface area contributed by atoms with Crippen molar-refractivity contribution in [1.29, 1.82) is 0 Å². The van der Waals surface area contributed by atoms with Crippen LogP contribution in [0.3, 0.4) is 0 Å². The molecule has 0 amide bonds. The Morgan fingerprint density at radius 2 is 1.00 bits per heavy atom. The van der Waals surface area contributed by atoms with Gasteiger partial charge in [-0.15, -0.1) is 69.5 Å². The van der Waals surface area contributed by atoms with Crippen LogP contribution in [0.25, 0.3) is 44.2 Å². The monoisotopic (exact) mass is 460 g/mol. The molecule has 0 bridgehead atoms. The van der Waals surface area contributed by atoms with Crippen LogP contribution >= 0.6 is 11.6 Å². The maximum atomic E-state index is 5.35. The Kier molecular flexibility index (Phi) is 8.14. The summed E-state index contributed by atoms with van der Waals surface area (Å²) in [6.07, 6.45) is 4.88. The molecule has 6 rings (SSSR count). The molecule has 0 spiro atoms. The summed E-state index contributed by atoms with van der Waals surface area (Å²) in [5, 5.41) is 5.05. The van der Waals surface area contributed by atoms with E-state index in [1.807, 2.05) is 48.5 Å². The predicted molar refractivity (Wildman–Crippen MR) is 126 cm³/mol. The molecule has 31 heavy (non-hydrogen) atoms. The van der Waals surface area contributed by atoms with Crippen LogP contribution in [0.4, 0.5) is 0 Å². The summed E-state index contributed by atoms with van der Waals surface area (Å²) in [7, 11) is 0. The van der Waals surface area contributed by atoms with Gasteiger partial charge in [0.05, 0.1) is 24.0 Å². The van der Waals surface area contributed by atoms with Crippen molar-refractivity contribution >= 4 is 33.1 Å². The molecule has 0 N–H and O–H groups in total. The van der Waals surface area contributed by atoms with Crippen molar-refractivity contribution in [2.75, 3.05) is 6.38 Å². The predicted octanol–water partition coefficient (Wildman–Crippen LogP) is 8.49. The molecule has 4 heteroatoms. The fourth-order valence-corrected chi connectivity index (χ4v) is 3.47. The third kappa shape index (κ3) is 5.29. The molecule has 0 saturated carbocycles. The number of hydrogen-bond donors (Lipinski definition) is 0. The second kappa shape index (κ2) is 11.0. The molecule has 0 aliphatic carbocycles. The van der Waals surface area contributed by atoms with Gasteiger partial charge in [0.1, 0.15) is 0 Å². The van der Waals surface area contributed by atoms with E-state index in [-0.39, 0.29) is 21.7 Å². The fraction of sp³-hybridized carbons (Fsp3) is 0.0370. The van der Waals surface area contributed by atoms with Crippen molar-refractivity contribution < 1.29 is 30.6 Å². The van der Waals surface area contributed by atoms with Gasteiger partial charge in [0.25, 0.3) is 0 Å². The maximum Gasteiger partial charge on any atom is 2.00 e. The summed E-state index contributed by atoms with van der Waals surface area (Å²) in [4.78, 5) is 0. The maximum absolute atomic E-state index is 5.35. The Morgan fingerprint density at radius 3 is 1.35 bits per heavy atom. The van der Waals surface area contributed by atoms with Crippen LogP contribution in [0, 0.1) is 0 Å². The van der Waals surface area contributed by atoms with Gasteiger partial charge in [-0.2, -0.15) is 0 Å². The molecule has 152 valence electrons. The van der Waals surface area contributed by atoms with Crippen molar-refractivity contribution in [2.24, 2.45) is 0 Å². The Bertz CT molecular complexity index is 1140. The smallest absolute Gasteiger partial charge is 0.499 e. The second-order valence-corrected chi connectivity index (χ2v) is 6.70. The number of hydrogen-bond acceptors (Lipinski definition) is 2. The third-order valence-electron chi connectivity index (χ3n) is 4.85. The molecule has 2 heterocycles. The van der Waals surface area contributed by atoms with Crippen LogP contribution in [0.1, 0.15) is 0 Å². The van der Waals surface area contributed by atoms with Gasteiger partial charge < -0.3 is 8.83 Å². The Hall–Kier alpha value is -2.78. The average Bonchev–Trinajstić information content (AvgIpc) is 3.60. The zero-order valence-electron chi connectivity index (χ0n) is 17.1. The zero-order valence-corrected chi connectivity index (χ0v) is 19.4. The third-order valence-corrected chi connectivity index (χ3v) is 4.85. The molecule has 0 atom stereocenters.